The Morgan fingerprint density at radius 1 is 1.31 bits per heavy atom. The highest BCUT2D eigenvalue weighted by Crippen LogP contribution is 2.15. The normalized spacial score (nSPS) is 19.8. The fourth-order valence-corrected chi connectivity index (χ4v) is 1.98. The molecule has 4 nitrogen and oxygen atoms in total. The summed E-state index contributed by atoms with van der Waals surface area (Å²) in [5, 5.41) is 2.85. The molecule has 0 aliphatic carbocycles. The molecule has 1 aliphatic heterocycles. The number of carbonyl (C=O) groups excluding carboxylic acids is 1. The van der Waals surface area contributed by atoms with Gasteiger partial charge in [-0.25, -0.2) is 0 Å². The summed E-state index contributed by atoms with van der Waals surface area (Å²) in [5.41, 5.74) is 0.00296. The maximum absolute atomic E-state index is 11.1. The number of likely N-dealkylation sites (N-methyl/N-ethyl adjacent to an activating group) is 1. The first-order valence-corrected chi connectivity index (χ1v) is 6.25. The molecule has 0 bridgehead atoms. The molecule has 1 N–H and O–H groups in total. The van der Waals surface area contributed by atoms with Crippen LogP contribution in [0.1, 0.15) is 13.8 Å². The average molecular weight is 248 g/mol. The highest BCUT2D eigenvalue weighted by molar-refractivity contribution is 6.27. The Hall–Kier alpha value is -0.320. The van der Waals surface area contributed by atoms with Crippen LogP contribution in [-0.2, 0) is 4.79 Å². The van der Waals surface area contributed by atoms with E-state index >= 15 is 0 Å². The zero-order valence-electron chi connectivity index (χ0n) is 10.4. The first-order chi connectivity index (χ1) is 7.45. The summed E-state index contributed by atoms with van der Waals surface area (Å²) >= 11 is 5.45. The Balaban J connectivity index is 2.40. The van der Waals surface area contributed by atoms with Gasteiger partial charge in [0.2, 0.25) is 5.91 Å². The molecule has 1 heterocycles. The molecule has 0 saturated carbocycles. The minimum absolute atomic E-state index is 0.00296. The number of amides is 1. The zero-order valence-corrected chi connectivity index (χ0v) is 11.2. The minimum atomic E-state index is -0.0936. The van der Waals surface area contributed by atoms with Crippen molar-refractivity contribution in [3.63, 3.8) is 0 Å². The smallest absolute Gasteiger partial charge is 0.234 e. The Bertz CT molecular complexity index is 237. The fourth-order valence-electron chi connectivity index (χ4n) is 1.89. The fraction of sp³-hybridized carbons (Fsp3) is 0.909. The van der Waals surface area contributed by atoms with E-state index in [0.29, 0.717) is 6.54 Å². The van der Waals surface area contributed by atoms with E-state index in [4.69, 9.17) is 11.6 Å². The molecule has 0 aromatic heterocycles. The van der Waals surface area contributed by atoms with Gasteiger partial charge in [0.05, 0.1) is 0 Å². The second-order valence-corrected chi connectivity index (χ2v) is 5.28. The third-order valence-corrected chi connectivity index (χ3v) is 3.44. The molecule has 1 amide bonds. The number of piperazine rings is 1. The minimum Gasteiger partial charge on any atom is -0.353 e. The van der Waals surface area contributed by atoms with Gasteiger partial charge < -0.3 is 10.2 Å². The number of halogens is 1. The molecule has 0 atom stereocenters. The summed E-state index contributed by atoms with van der Waals surface area (Å²) in [6.45, 7) is 9.27. The number of hydrogen-bond donors (Lipinski definition) is 1. The second kappa shape index (κ2) is 5.84. The lowest BCUT2D eigenvalue weighted by atomic mass is 10.0. The standard InChI is InChI=1S/C11H22ClN3O/c1-11(2,9-13-10(16)8-12)15-6-4-14(3)5-7-15/h4-9H2,1-3H3,(H,13,16). The summed E-state index contributed by atoms with van der Waals surface area (Å²) in [5.74, 6) is -0.0531. The van der Waals surface area contributed by atoms with E-state index in [1.54, 1.807) is 0 Å². The number of nitrogens with zero attached hydrogens (tertiary/aromatic N) is 2. The lowest BCUT2D eigenvalue weighted by Crippen LogP contribution is -2.57. The second-order valence-electron chi connectivity index (χ2n) is 5.01. The van der Waals surface area contributed by atoms with Gasteiger partial charge in [0, 0.05) is 38.3 Å². The van der Waals surface area contributed by atoms with Gasteiger partial charge in [-0.15, -0.1) is 11.6 Å². The van der Waals surface area contributed by atoms with Crippen LogP contribution in [0.5, 0.6) is 0 Å². The Labute approximate surface area is 103 Å². The van der Waals surface area contributed by atoms with Crippen molar-refractivity contribution in [2.45, 2.75) is 19.4 Å². The van der Waals surface area contributed by atoms with Crippen LogP contribution in [0.4, 0.5) is 0 Å². The molecule has 94 valence electrons. The van der Waals surface area contributed by atoms with Crippen LogP contribution in [0.15, 0.2) is 0 Å². The number of alkyl halides is 1. The molecule has 5 heteroatoms. The molecule has 0 aromatic rings. The molecule has 16 heavy (non-hydrogen) atoms. The SMILES string of the molecule is CN1CCN(C(C)(C)CNC(=O)CCl)CC1. The number of hydrogen-bond acceptors (Lipinski definition) is 3. The van der Waals surface area contributed by atoms with E-state index < -0.39 is 0 Å². The molecule has 0 spiro atoms. The van der Waals surface area contributed by atoms with E-state index in [-0.39, 0.29) is 17.3 Å². The third kappa shape index (κ3) is 3.92. The van der Waals surface area contributed by atoms with Gasteiger partial charge >= 0.3 is 0 Å². The molecule has 1 saturated heterocycles. The van der Waals surface area contributed by atoms with Crippen molar-refractivity contribution in [1.29, 1.82) is 0 Å². The lowest BCUT2D eigenvalue weighted by molar-refractivity contribution is -0.119. The Morgan fingerprint density at radius 2 is 1.88 bits per heavy atom. The van der Waals surface area contributed by atoms with Crippen molar-refractivity contribution in [2.75, 3.05) is 45.7 Å². The van der Waals surface area contributed by atoms with Crippen LogP contribution < -0.4 is 5.32 Å². The van der Waals surface area contributed by atoms with Crippen molar-refractivity contribution in [3.05, 3.63) is 0 Å². The van der Waals surface area contributed by atoms with E-state index in [1.165, 1.54) is 0 Å². The van der Waals surface area contributed by atoms with Crippen molar-refractivity contribution in [1.82, 2.24) is 15.1 Å². The van der Waals surface area contributed by atoms with Gasteiger partial charge in [0.1, 0.15) is 5.88 Å². The number of rotatable bonds is 4. The Kier molecular flexibility index (Phi) is 5.02. The van der Waals surface area contributed by atoms with E-state index in [2.05, 4.69) is 36.0 Å². The predicted octanol–water partition coefficient (Wildman–Crippen LogP) is 0.367. The van der Waals surface area contributed by atoms with Crippen LogP contribution in [0.3, 0.4) is 0 Å². The molecule has 0 aromatic carbocycles. The maximum Gasteiger partial charge on any atom is 0.234 e. The van der Waals surface area contributed by atoms with Gasteiger partial charge in [0.15, 0.2) is 0 Å². The van der Waals surface area contributed by atoms with Crippen LogP contribution in [-0.4, -0.2) is 66.9 Å². The summed E-state index contributed by atoms with van der Waals surface area (Å²) < 4.78 is 0. The average Bonchev–Trinajstić information content (AvgIpc) is 2.26. The van der Waals surface area contributed by atoms with Gasteiger partial charge in [-0.2, -0.15) is 0 Å². The molecule has 1 rings (SSSR count). The topological polar surface area (TPSA) is 35.6 Å². The molecular weight excluding hydrogens is 226 g/mol. The first-order valence-electron chi connectivity index (χ1n) is 5.72. The predicted molar refractivity (Wildman–Crippen MR) is 66.9 cm³/mol. The summed E-state index contributed by atoms with van der Waals surface area (Å²) in [6, 6.07) is 0. The lowest BCUT2D eigenvalue weighted by Gasteiger charge is -2.43. The van der Waals surface area contributed by atoms with Gasteiger partial charge in [-0.3, -0.25) is 9.69 Å². The monoisotopic (exact) mass is 247 g/mol. The molecule has 0 radical (unpaired) electrons. The molecular formula is C11H22ClN3O. The van der Waals surface area contributed by atoms with Crippen LogP contribution in [0.25, 0.3) is 0 Å². The largest absolute Gasteiger partial charge is 0.353 e. The quantitative estimate of drug-likeness (QED) is 0.729. The van der Waals surface area contributed by atoms with Gasteiger partial charge in [-0.05, 0) is 20.9 Å². The van der Waals surface area contributed by atoms with Gasteiger partial charge in [-0.1, -0.05) is 0 Å². The highest BCUT2D eigenvalue weighted by atomic mass is 35.5. The zero-order chi connectivity index (χ0) is 12.2. The van der Waals surface area contributed by atoms with E-state index in [1.807, 2.05) is 0 Å². The van der Waals surface area contributed by atoms with E-state index in [9.17, 15) is 4.79 Å². The number of nitrogens with one attached hydrogen (secondary N) is 1. The molecule has 1 fully saturated rings. The maximum atomic E-state index is 11.1. The van der Waals surface area contributed by atoms with Crippen LogP contribution in [0, 0.1) is 0 Å². The van der Waals surface area contributed by atoms with Crippen LogP contribution in [0.2, 0.25) is 0 Å². The van der Waals surface area contributed by atoms with Crippen LogP contribution >= 0.6 is 11.6 Å². The first kappa shape index (κ1) is 13.7. The number of carbonyl (C=O) groups is 1. The Morgan fingerprint density at radius 3 is 2.38 bits per heavy atom. The summed E-state index contributed by atoms with van der Waals surface area (Å²) in [7, 11) is 2.14. The summed E-state index contributed by atoms with van der Waals surface area (Å²) in [6.07, 6.45) is 0. The highest BCUT2D eigenvalue weighted by Gasteiger charge is 2.29. The molecule has 1 aliphatic rings. The van der Waals surface area contributed by atoms with E-state index in [0.717, 1.165) is 26.2 Å². The van der Waals surface area contributed by atoms with Gasteiger partial charge in [0.25, 0.3) is 0 Å². The van der Waals surface area contributed by atoms with Crippen molar-refractivity contribution < 1.29 is 4.79 Å². The van der Waals surface area contributed by atoms with Crippen molar-refractivity contribution in [3.8, 4) is 0 Å². The summed E-state index contributed by atoms with van der Waals surface area (Å²) in [4.78, 5) is 15.9. The van der Waals surface area contributed by atoms with Crippen molar-refractivity contribution in [2.24, 2.45) is 0 Å². The molecule has 0 unspecified atom stereocenters. The van der Waals surface area contributed by atoms with Crippen molar-refractivity contribution >= 4 is 17.5 Å². The third-order valence-electron chi connectivity index (χ3n) is 3.20.